The Bertz CT molecular complexity index is 1420. The number of aromatic nitrogens is 7. The van der Waals surface area contributed by atoms with Crippen LogP contribution in [0.3, 0.4) is 0 Å². The number of aryl methyl sites for hydroxylation is 3. The van der Waals surface area contributed by atoms with Gasteiger partial charge in [0.15, 0.2) is 17.2 Å². The van der Waals surface area contributed by atoms with Crippen molar-refractivity contribution in [1.29, 1.82) is 0 Å². The molecule has 1 aliphatic rings. The van der Waals surface area contributed by atoms with Gasteiger partial charge in [-0.15, -0.1) is 0 Å². The Morgan fingerprint density at radius 1 is 1.14 bits per heavy atom. The lowest BCUT2D eigenvalue weighted by molar-refractivity contribution is -0.120. The number of nitrogens with one attached hydrogen (secondary N) is 2. The molecule has 188 valence electrons. The molecule has 11 nitrogen and oxygen atoms in total. The van der Waals surface area contributed by atoms with Gasteiger partial charge >= 0.3 is 0 Å². The van der Waals surface area contributed by atoms with Crippen molar-refractivity contribution in [3.63, 3.8) is 0 Å². The second-order valence-electron chi connectivity index (χ2n) is 10.1. The minimum absolute atomic E-state index is 0.0867. The lowest BCUT2D eigenvalue weighted by Gasteiger charge is -2.30. The Balaban J connectivity index is 1.32. The molecule has 0 saturated carbocycles. The van der Waals surface area contributed by atoms with E-state index < -0.39 is 0 Å². The van der Waals surface area contributed by atoms with Crippen LogP contribution in [0.1, 0.15) is 37.9 Å². The minimum atomic E-state index is 0.0867. The van der Waals surface area contributed by atoms with Crippen LogP contribution in [0.4, 0.5) is 23.1 Å². The SMILES string of the molecule is Cc1ncc(CC(=O)CN2CCCC2(C)C)cc1Nc1nn(C)c2nc(Nc3cnn(C)c3)ncc12. The zero-order valence-electron chi connectivity index (χ0n) is 21.4. The van der Waals surface area contributed by atoms with Crippen molar-refractivity contribution >= 4 is 40.0 Å². The molecule has 4 aromatic rings. The van der Waals surface area contributed by atoms with Gasteiger partial charge in [0.1, 0.15) is 0 Å². The van der Waals surface area contributed by atoms with Crippen LogP contribution in [0.2, 0.25) is 0 Å². The van der Waals surface area contributed by atoms with Crippen molar-refractivity contribution in [2.75, 3.05) is 23.7 Å². The molecular formula is C25H32N10O. The zero-order valence-corrected chi connectivity index (χ0v) is 21.4. The third-order valence-corrected chi connectivity index (χ3v) is 6.78. The van der Waals surface area contributed by atoms with E-state index in [0.717, 1.165) is 47.4 Å². The summed E-state index contributed by atoms with van der Waals surface area (Å²) in [7, 11) is 3.69. The first kappa shape index (κ1) is 23.9. The van der Waals surface area contributed by atoms with E-state index in [9.17, 15) is 4.79 Å². The smallest absolute Gasteiger partial charge is 0.229 e. The normalized spacial score (nSPS) is 15.5. The van der Waals surface area contributed by atoms with E-state index in [2.05, 4.69) is 54.5 Å². The average Bonchev–Trinajstić information content (AvgIpc) is 3.48. The number of anilines is 4. The first-order chi connectivity index (χ1) is 17.2. The highest BCUT2D eigenvalue weighted by atomic mass is 16.1. The number of nitrogens with zero attached hydrogens (tertiary/aromatic N) is 8. The van der Waals surface area contributed by atoms with E-state index >= 15 is 0 Å². The summed E-state index contributed by atoms with van der Waals surface area (Å²) in [6.07, 6.45) is 9.71. The van der Waals surface area contributed by atoms with E-state index in [1.165, 1.54) is 0 Å². The summed E-state index contributed by atoms with van der Waals surface area (Å²) < 4.78 is 3.42. The molecule has 0 aliphatic carbocycles. The highest BCUT2D eigenvalue weighted by Gasteiger charge is 2.32. The highest BCUT2D eigenvalue weighted by Crippen LogP contribution is 2.29. The molecule has 1 aliphatic heterocycles. The molecule has 0 bridgehead atoms. The van der Waals surface area contributed by atoms with Gasteiger partial charge in [0.25, 0.3) is 0 Å². The molecule has 1 saturated heterocycles. The van der Waals surface area contributed by atoms with Gasteiger partial charge in [-0.1, -0.05) is 0 Å². The van der Waals surface area contributed by atoms with Crippen LogP contribution in [-0.4, -0.2) is 63.8 Å². The largest absolute Gasteiger partial charge is 0.337 e. The fourth-order valence-electron chi connectivity index (χ4n) is 4.69. The molecule has 5 heterocycles. The monoisotopic (exact) mass is 488 g/mol. The van der Waals surface area contributed by atoms with Crippen molar-refractivity contribution < 1.29 is 4.79 Å². The standard InChI is InChI=1S/C25H32N10O/c1-16-21(10-17(11-26-16)9-19(36)15-35-8-6-7-25(35,2)3)30-22-20-13-27-24(31-23(20)34(5)32-22)29-18-12-28-33(4)14-18/h10-14H,6-9,15H2,1-5H3,(H,30,32)(H,27,29,31). The maximum absolute atomic E-state index is 12.8. The summed E-state index contributed by atoms with van der Waals surface area (Å²) >= 11 is 0. The summed E-state index contributed by atoms with van der Waals surface area (Å²) in [5, 5.41) is 16.1. The zero-order chi connectivity index (χ0) is 25.4. The minimum Gasteiger partial charge on any atom is -0.337 e. The molecule has 0 radical (unpaired) electrons. The number of likely N-dealkylation sites (tertiary alicyclic amines) is 1. The van der Waals surface area contributed by atoms with E-state index in [-0.39, 0.29) is 11.3 Å². The number of carbonyl (C=O) groups is 1. The molecule has 4 aromatic heterocycles. The molecule has 2 N–H and O–H groups in total. The van der Waals surface area contributed by atoms with Gasteiger partial charge in [-0.05, 0) is 51.8 Å². The molecule has 0 atom stereocenters. The lowest BCUT2D eigenvalue weighted by atomic mass is 10.0. The van der Waals surface area contributed by atoms with E-state index in [1.54, 1.807) is 28.0 Å². The van der Waals surface area contributed by atoms with E-state index in [1.807, 2.05) is 33.3 Å². The van der Waals surface area contributed by atoms with Crippen molar-refractivity contribution in [2.45, 2.75) is 45.6 Å². The van der Waals surface area contributed by atoms with Crippen molar-refractivity contribution in [3.05, 3.63) is 42.1 Å². The fraction of sp³-hybridized carbons (Fsp3) is 0.440. The van der Waals surface area contributed by atoms with Gasteiger partial charge in [-0.3, -0.25) is 19.4 Å². The van der Waals surface area contributed by atoms with Crippen LogP contribution in [0, 0.1) is 6.92 Å². The summed E-state index contributed by atoms with van der Waals surface area (Å²) in [6.45, 7) is 7.80. The number of fused-ring (bicyclic) bond motifs is 1. The molecule has 0 aromatic carbocycles. The quantitative estimate of drug-likeness (QED) is 0.385. The molecule has 5 rings (SSSR count). The summed E-state index contributed by atoms with van der Waals surface area (Å²) in [4.78, 5) is 28.7. The number of Topliss-reactive ketones (excluding diaryl/α,β-unsaturated/α-hetero) is 1. The molecular weight excluding hydrogens is 456 g/mol. The molecule has 11 heteroatoms. The van der Waals surface area contributed by atoms with Gasteiger partial charge in [0.05, 0.1) is 35.2 Å². The highest BCUT2D eigenvalue weighted by molar-refractivity contribution is 5.90. The van der Waals surface area contributed by atoms with Crippen LogP contribution in [0.15, 0.2) is 30.9 Å². The molecule has 36 heavy (non-hydrogen) atoms. The number of ketones is 1. The predicted octanol–water partition coefficient (Wildman–Crippen LogP) is 3.27. The van der Waals surface area contributed by atoms with Crippen LogP contribution in [-0.2, 0) is 25.3 Å². The maximum atomic E-state index is 12.8. The van der Waals surface area contributed by atoms with Gasteiger partial charge in [-0.25, -0.2) is 9.67 Å². The third kappa shape index (κ3) is 4.92. The maximum Gasteiger partial charge on any atom is 0.229 e. The summed E-state index contributed by atoms with van der Waals surface area (Å²) in [5.41, 5.74) is 4.08. The summed E-state index contributed by atoms with van der Waals surface area (Å²) in [5.74, 6) is 1.30. The predicted molar refractivity (Wildman–Crippen MR) is 139 cm³/mol. The van der Waals surface area contributed by atoms with Crippen LogP contribution in [0.5, 0.6) is 0 Å². The van der Waals surface area contributed by atoms with Crippen LogP contribution in [0.25, 0.3) is 11.0 Å². The van der Waals surface area contributed by atoms with E-state index in [0.29, 0.717) is 30.4 Å². The Morgan fingerprint density at radius 2 is 1.97 bits per heavy atom. The molecule has 0 amide bonds. The number of hydrogen-bond acceptors (Lipinski definition) is 9. The molecule has 1 fully saturated rings. The topological polar surface area (TPSA) is 119 Å². The van der Waals surface area contributed by atoms with Gasteiger partial charge < -0.3 is 10.6 Å². The van der Waals surface area contributed by atoms with Crippen LogP contribution < -0.4 is 10.6 Å². The van der Waals surface area contributed by atoms with Crippen molar-refractivity contribution in [2.24, 2.45) is 14.1 Å². The average molecular weight is 489 g/mol. The fourth-order valence-corrected chi connectivity index (χ4v) is 4.69. The van der Waals surface area contributed by atoms with Gasteiger partial charge in [0, 0.05) is 44.6 Å². The van der Waals surface area contributed by atoms with Gasteiger partial charge in [0.2, 0.25) is 5.95 Å². The molecule has 0 unspecified atom stereocenters. The number of hydrogen-bond donors (Lipinski definition) is 2. The second-order valence-corrected chi connectivity index (χ2v) is 10.1. The number of carbonyl (C=O) groups excluding carboxylic acids is 1. The Hall–Kier alpha value is -3.86. The first-order valence-electron chi connectivity index (χ1n) is 12.1. The lowest BCUT2D eigenvalue weighted by Crippen LogP contribution is -2.41. The third-order valence-electron chi connectivity index (χ3n) is 6.78. The van der Waals surface area contributed by atoms with Crippen molar-refractivity contribution in [1.82, 2.24) is 39.4 Å². The van der Waals surface area contributed by atoms with Crippen LogP contribution >= 0.6 is 0 Å². The van der Waals surface area contributed by atoms with E-state index in [4.69, 9.17) is 0 Å². The summed E-state index contributed by atoms with van der Waals surface area (Å²) in [6, 6.07) is 1.98. The first-order valence-corrected chi connectivity index (χ1v) is 12.1. The number of pyridine rings is 1. The van der Waals surface area contributed by atoms with Gasteiger partial charge in [-0.2, -0.15) is 15.2 Å². The Labute approximate surface area is 209 Å². The van der Waals surface area contributed by atoms with Crippen molar-refractivity contribution in [3.8, 4) is 0 Å². The number of rotatable bonds is 8. The Morgan fingerprint density at radius 3 is 2.69 bits per heavy atom. The second kappa shape index (κ2) is 9.30. The Kier molecular flexibility index (Phi) is 6.17. The molecule has 0 spiro atoms.